The molecule has 0 radical (unpaired) electrons. The first-order valence-electron chi connectivity index (χ1n) is 6.28. The van der Waals surface area contributed by atoms with E-state index in [1.165, 1.54) is 0 Å². The van der Waals surface area contributed by atoms with Crippen LogP contribution < -0.4 is 0 Å². The molecular formula is C13H17F3N2O. The number of alkyl halides is 3. The molecule has 1 aromatic rings. The number of hydrogen-bond acceptors (Lipinski definition) is 3. The van der Waals surface area contributed by atoms with Crippen LogP contribution in [-0.4, -0.2) is 40.9 Å². The van der Waals surface area contributed by atoms with Crippen LogP contribution in [0.15, 0.2) is 18.3 Å². The number of nitrogens with zero attached hydrogens (tertiary/aromatic N) is 2. The third-order valence-electron chi connectivity index (χ3n) is 3.54. The molecule has 0 saturated carbocycles. The Morgan fingerprint density at radius 1 is 1.53 bits per heavy atom. The van der Waals surface area contributed by atoms with Gasteiger partial charge in [-0.25, -0.2) is 0 Å². The lowest BCUT2D eigenvalue weighted by Gasteiger charge is -2.33. The summed E-state index contributed by atoms with van der Waals surface area (Å²) in [7, 11) is 1.60. The van der Waals surface area contributed by atoms with Gasteiger partial charge in [0.1, 0.15) is 0 Å². The molecule has 1 aliphatic carbocycles. The first-order chi connectivity index (χ1) is 8.89. The first-order valence-corrected chi connectivity index (χ1v) is 6.28. The van der Waals surface area contributed by atoms with E-state index >= 15 is 0 Å². The van der Waals surface area contributed by atoms with Crippen molar-refractivity contribution >= 4 is 0 Å². The standard InChI is InChI=1S/C13H17F3N2O/c1-18(8-11(19)13(14,15)16)10-6-2-4-9-5-3-7-17-12(9)10/h3,5,7,10-11,19H,2,4,6,8H2,1H3/t10-,11-/m1/s1. The van der Waals surface area contributed by atoms with E-state index in [0.717, 1.165) is 30.5 Å². The molecule has 106 valence electrons. The molecule has 0 unspecified atom stereocenters. The summed E-state index contributed by atoms with van der Waals surface area (Å²) >= 11 is 0. The van der Waals surface area contributed by atoms with E-state index in [2.05, 4.69) is 4.98 Å². The lowest BCUT2D eigenvalue weighted by Crippen LogP contribution is -2.41. The molecule has 0 saturated heterocycles. The van der Waals surface area contributed by atoms with E-state index in [-0.39, 0.29) is 6.04 Å². The normalized spacial score (nSPS) is 21.3. The highest BCUT2D eigenvalue weighted by molar-refractivity contribution is 5.25. The van der Waals surface area contributed by atoms with Gasteiger partial charge in [0.05, 0.1) is 11.7 Å². The lowest BCUT2D eigenvalue weighted by molar-refractivity contribution is -0.208. The van der Waals surface area contributed by atoms with Crippen LogP contribution in [0.25, 0.3) is 0 Å². The number of pyridine rings is 1. The van der Waals surface area contributed by atoms with E-state index in [0.29, 0.717) is 0 Å². The van der Waals surface area contributed by atoms with Crippen LogP contribution in [0.3, 0.4) is 0 Å². The Balaban J connectivity index is 2.11. The number of aliphatic hydroxyl groups is 1. The average Bonchev–Trinajstić information content (AvgIpc) is 2.36. The minimum atomic E-state index is -4.57. The minimum Gasteiger partial charge on any atom is -0.382 e. The minimum absolute atomic E-state index is 0.151. The van der Waals surface area contributed by atoms with Gasteiger partial charge in [0.15, 0.2) is 6.10 Å². The van der Waals surface area contributed by atoms with Crippen molar-refractivity contribution in [1.29, 1.82) is 0 Å². The fraction of sp³-hybridized carbons (Fsp3) is 0.615. The summed E-state index contributed by atoms with van der Waals surface area (Å²) in [6, 6.07) is 3.65. The molecule has 6 heteroatoms. The van der Waals surface area contributed by atoms with Crippen LogP contribution in [0.2, 0.25) is 0 Å². The summed E-state index contributed by atoms with van der Waals surface area (Å²) in [6.07, 6.45) is -2.62. The van der Waals surface area contributed by atoms with E-state index in [4.69, 9.17) is 5.11 Å². The van der Waals surface area contributed by atoms with Gasteiger partial charge in [-0.15, -0.1) is 0 Å². The van der Waals surface area contributed by atoms with Crippen molar-refractivity contribution in [3.63, 3.8) is 0 Å². The predicted molar refractivity (Wildman–Crippen MR) is 64.6 cm³/mol. The number of fused-ring (bicyclic) bond motifs is 1. The monoisotopic (exact) mass is 274 g/mol. The van der Waals surface area contributed by atoms with E-state index in [9.17, 15) is 13.2 Å². The summed E-state index contributed by atoms with van der Waals surface area (Å²) in [4.78, 5) is 5.83. The number of aliphatic hydroxyl groups excluding tert-OH is 1. The van der Waals surface area contributed by atoms with Gasteiger partial charge in [0.2, 0.25) is 0 Å². The molecule has 0 aliphatic heterocycles. The Hall–Kier alpha value is -1.14. The smallest absolute Gasteiger partial charge is 0.382 e. The Labute approximate surface area is 110 Å². The van der Waals surface area contributed by atoms with E-state index < -0.39 is 18.8 Å². The SMILES string of the molecule is CN(C[C@@H](O)C(F)(F)F)[C@@H]1CCCc2cccnc21. The maximum atomic E-state index is 12.4. The van der Waals surface area contributed by atoms with Gasteiger partial charge >= 0.3 is 6.18 Å². The zero-order valence-electron chi connectivity index (χ0n) is 10.7. The number of aryl methyl sites for hydroxylation is 1. The maximum absolute atomic E-state index is 12.4. The summed E-state index contributed by atoms with van der Waals surface area (Å²) in [5.41, 5.74) is 1.93. The molecule has 3 nitrogen and oxygen atoms in total. The molecule has 0 spiro atoms. The molecular weight excluding hydrogens is 257 g/mol. The number of hydrogen-bond donors (Lipinski definition) is 1. The average molecular weight is 274 g/mol. The van der Waals surface area contributed by atoms with Crippen LogP contribution >= 0.6 is 0 Å². The topological polar surface area (TPSA) is 36.4 Å². The van der Waals surface area contributed by atoms with E-state index in [1.807, 2.05) is 12.1 Å². The van der Waals surface area contributed by atoms with Gasteiger partial charge in [0, 0.05) is 12.7 Å². The highest BCUT2D eigenvalue weighted by atomic mass is 19.4. The van der Waals surface area contributed by atoms with Crippen molar-refractivity contribution in [3.05, 3.63) is 29.6 Å². The molecule has 2 rings (SSSR count). The molecule has 1 aliphatic rings. The summed E-state index contributed by atoms with van der Waals surface area (Å²) in [6.45, 7) is -0.426. The second-order valence-electron chi connectivity index (χ2n) is 4.95. The Morgan fingerprint density at radius 3 is 2.95 bits per heavy atom. The van der Waals surface area contributed by atoms with Gasteiger partial charge in [-0.1, -0.05) is 6.07 Å². The molecule has 0 amide bonds. The lowest BCUT2D eigenvalue weighted by atomic mass is 9.91. The predicted octanol–water partition coefficient (Wildman–Crippen LogP) is 2.31. The van der Waals surface area contributed by atoms with E-state index in [1.54, 1.807) is 18.1 Å². The number of likely N-dealkylation sites (N-methyl/N-ethyl adjacent to an activating group) is 1. The van der Waals surface area contributed by atoms with Crippen molar-refractivity contribution in [2.24, 2.45) is 0 Å². The van der Waals surface area contributed by atoms with Crippen LogP contribution in [0, 0.1) is 0 Å². The van der Waals surface area contributed by atoms with Crippen molar-refractivity contribution in [2.75, 3.05) is 13.6 Å². The molecule has 1 N–H and O–H groups in total. The van der Waals surface area contributed by atoms with Gasteiger partial charge in [0.25, 0.3) is 0 Å². The quantitative estimate of drug-likeness (QED) is 0.919. The molecule has 1 heterocycles. The zero-order valence-corrected chi connectivity index (χ0v) is 10.7. The first kappa shape index (κ1) is 14.3. The van der Waals surface area contributed by atoms with Crippen LogP contribution in [0.1, 0.15) is 30.1 Å². The van der Waals surface area contributed by atoms with Gasteiger partial charge in [-0.05, 0) is 37.9 Å². The molecule has 2 atom stereocenters. The third kappa shape index (κ3) is 3.25. The molecule has 19 heavy (non-hydrogen) atoms. The second-order valence-corrected chi connectivity index (χ2v) is 4.95. The zero-order chi connectivity index (χ0) is 14.0. The van der Waals surface area contributed by atoms with Crippen molar-refractivity contribution in [2.45, 2.75) is 37.6 Å². The fourth-order valence-corrected chi connectivity index (χ4v) is 2.52. The Kier molecular flexibility index (Phi) is 4.10. The number of rotatable bonds is 3. The Bertz CT molecular complexity index is 436. The summed E-state index contributed by atoms with van der Waals surface area (Å²) in [5.74, 6) is 0. The summed E-state index contributed by atoms with van der Waals surface area (Å²) < 4.78 is 37.1. The molecule has 1 aromatic heterocycles. The molecule has 0 bridgehead atoms. The number of aromatic nitrogens is 1. The van der Waals surface area contributed by atoms with Crippen molar-refractivity contribution < 1.29 is 18.3 Å². The van der Waals surface area contributed by atoms with Crippen LogP contribution in [0.5, 0.6) is 0 Å². The van der Waals surface area contributed by atoms with Crippen LogP contribution in [0.4, 0.5) is 13.2 Å². The Morgan fingerprint density at radius 2 is 2.26 bits per heavy atom. The molecule has 0 fully saturated rings. The highest BCUT2D eigenvalue weighted by Gasteiger charge is 2.40. The van der Waals surface area contributed by atoms with Gasteiger partial charge < -0.3 is 5.11 Å². The highest BCUT2D eigenvalue weighted by Crippen LogP contribution is 2.32. The van der Waals surface area contributed by atoms with Gasteiger partial charge in [-0.2, -0.15) is 13.2 Å². The third-order valence-corrected chi connectivity index (χ3v) is 3.54. The fourth-order valence-electron chi connectivity index (χ4n) is 2.52. The number of halogens is 3. The second kappa shape index (κ2) is 5.46. The summed E-state index contributed by atoms with van der Waals surface area (Å²) in [5, 5.41) is 9.15. The largest absolute Gasteiger partial charge is 0.415 e. The van der Waals surface area contributed by atoms with Crippen LogP contribution in [-0.2, 0) is 6.42 Å². The van der Waals surface area contributed by atoms with Crippen molar-refractivity contribution in [3.8, 4) is 0 Å². The van der Waals surface area contributed by atoms with Gasteiger partial charge in [-0.3, -0.25) is 9.88 Å². The van der Waals surface area contributed by atoms with Crippen molar-refractivity contribution in [1.82, 2.24) is 9.88 Å². The molecule has 0 aromatic carbocycles. The maximum Gasteiger partial charge on any atom is 0.415 e.